The van der Waals surface area contributed by atoms with Gasteiger partial charge in [0.15, 0.2) is 18.2 Å². The van der Waals surface area contributed by atoms with Crippen LogP contribution in [0.25, 0.3) is 0 Å². The minimum Gasteiger partial charge on any atom is -0.481 e. The molecule has 0 aliphatic carbocycles. The Bertz CT molecular complexity index is 874. The monoisotopic (exact) mass is 454 g/mol. The van der Waals surface area contributed by atoms with Crippen LogP contribution in [0.4, 0.5) is 4.39 Å². The second kappa shape index (κ2) is 11.2. The number of halogens is 3. The van der Waals surface area contributed by atoms with Crippen LogP contribution in [0.15, 0.2) is 42.5 Å². The molecule has 8 heteroatoms. The predicted molar refractivity (Wildman–Crippen MR) is 116 cm³/mol. The summed E-state index contributed by atoms with van der Waals surface area (Å²) >= 11 is 12.5. The van der Waals surface area contributed by atoms with E-state index in [0.717, 1.165) is 6.42 Å². The highest BCUT2D eigenvalue weighted by Gasteiger charge is 2.28. The van der Waals surface area contributed by atoms with Gasteiger partial charge in [0, 0.05) is 28.2 Å². The third-order valence-corrected chi connectivity index (χ3v) is 5.45. The van der Waals surface area contributed by atoms with Crippen LogP contribution < -0.4 is 10.1 Å². The summed E-state index contributed by atoms with van der Waals surface area (Å²) in [5.74, 6) is -1.43. The Balaban J connectivity index is 2.24. The summed E-state index contributed by atoms with van der Waals surface area (Å²) in [7, 11) is 0. The average molecular weight is 455 g/mol. The number of benzene rings is 2. The molecule has 0 unspecified atom stereocenters. The van der Waals surface area contributed by atoms with E-state index < -0.39 is 24.4 Å². The number of carbonyl (C=O) groups excluding carboxylic acids is 2. The molecule has 5 nitrogen and oxygen atoms in total. The van der Waals surface area contributed by atoms with Crippen molar-refractivity contribution in [2.45, 2.75) is 45.8 Å². The summed E-state index contributed by atoms with van der Waals surface area (Å²) in [6.45, 7) is 5.01. The topological polar surface area (TPSA) is 58.6 Å². The molecule has 0 saturated heterocycles. The lowest BCUT2D eigenvalue weighted by molar-refractivity contribution is -0.142. The average Bonchev–Trinajstić information content (AvgIpc) is 2.72. The Morgan fingerprint density at radius 2 is 1.73 bits per heavy atom. The first-order chi connectivity index (χ1) is 14.2. The number of hydrogen-bond acceptors (Lipinski definition) is 3. The van der Waals surface area contributed by atoms with Crippen LogP contribution >= 0.6 is 23.2 Å². The number of nitrogens with one attached hydrogen (secondary N) is 1. The first-order valence-corrected chi connectivity index (χ1v) is 10.4. The molecule has 0 aliphatic rings. The molecule has 0 aromatic heterocycles. The molecule has 2 atom stereocenters. The van der Waals surface area contributed by atoms with E-state index in [4.69, 9.17) is 27.9 Å². The summed E-state index contributed by atoms with van der Waals surface area (Å²) in [5, 5.41) is 3.62. The molecular weight excluding hydrogens is 430 g/mol. The molecule has 2 aromatic rings. The van der Waals surface area contributed by atoms with Gasteiger partial charge in [-0.2, -0.15) is 0 Å². The van der Waals surface area contributed by atoms with E-state index in [-0.39, 0.29) is 24.2 Å². The predicted octanol–water partition coefficient (Wildman–Crippen LogP) is 4.84. The fourth-order valence-electron chi connectivity index (χ4n) is 2.69. The van der Waals surface area contributed by atoms with Crippen molar-refractivity contribution >= 4 is 35.0 Å². The van der Waals surface area contributed by atoms with Gasteiger partial charge in [-0.1, -0.05) is 48.3 Å². The maximum absolute atomic E-state index is 13.8. The zero-order valence-corrected chi connectivity index (χ0v) is 18.6. The number of para-hydroxylation sites is 1. The summed E-state index contributed by atoms with van der Waals surface area (Å²) < 4.78 is 19.2. The van der Waals surface area contributed by atoms with Crippen molar-refractivity contribution in [3.8, 4) is 5.75 Å². The molecule has 30 heavy (non-hydrogen) atoms. The van der Waals surface area contributed by atoms with Gasteiger partial charge in [0.25, 0.3) is 5.91 Å². The molecule has 1 N–H and O–H groups in total. The molecule has 162 valence electrons. The first-order valence-electron chi connectivity index (χ1n) is 9.64. The largest absolute Gasteiger partial charge is 0.481 e. The lowest BCUT2D eigenvalue weighted by atomic mass is 10.1. The van der Waals surface area contributed by atoms with Gasteiger partial charge in [0.1, 0.15) is 6.04 Å². The van der Waals surface area contributed by atoms with E-state index in [9.17, 15) is 14.0 Å². The maximum Gasteiger partial charge on any atom is 0.261 e. The van der Waals surface area contributed by atoms with Crippen molar-refractivity contribution in [1.29, 1.82) is 0 Å². The van der Waals surface area contributed by atoms with Gasteiger partial charge >= 0.3 is 0 Å². The Kier molecular flexibility index (Phi) is 8.93. The molecule has 2 aromatic carbocycles. The second-order valence-corrected chi connectivity index (χ2v) is 7.75. The van der Waals surface area contributed by atoms with Gasteiger partial charge in [-0.05, 0) is 44.5 Å². The van der Waals surface area contributed by atoms with Crippen LogP contribution in [0.1, 0.15) is 32.8 Å². The van der Waals surface area contributed by atoms with Crippen molar-refractivity contribution < 1.29 is 18.7 Å². The molecular formula is C22H25Cl2FN2O3. The van der Waals surface area contributed by atoms with Crippen molar-refractivity contribution in [2.75, 3.05) is 6.61 Å². The summed E-state index contributed by atoms with van der Waals surface area (Å²) in [6, 6.07) is 9.94. The van der Waals surface area contributed by atoms with E-state index in [1.165, 1.54) is 23.1 Å². The van der Waals surface area contributed by atoms with Crippen molar-refractivity contribution in [2.24, 2.45) is 0 Å². The van der Waals surface area contributed by atoms with Gasteiger partial charge in [-0.15, -0.1) is 0 Å². The smallest absolute Gasteiger partial charge is 0.261 e. The number of hydrogen-bond donors (Lipinski definition) is 1. The quantitative estimate of drug-likeness (QED) is 0.589. The molecule has 0 saturated carbocycles. The molecule has 0 spiro atoms. The van der Waals surface area contributed by atoms with Crippen LogP contribution in [0.5, 0.6) is 5.75 Å². The van der Waals surface area contributed by atoms with Gasteiger partial charge in [-0.25, -0.2) is 4.39 Å². The zero-order valence-electron chi connectivity index (χ0n) is 17.1. The minimum absolute atomic E-state index is 0.00701. The molecule has 0 radical (unpaired) electrons. The highest BCUT2D eigenvalue weighted by Crippen LogP contribution is 2.26. The minimum atomic E-state index is -0.817. The van der Waals surface area contributed by atoms with E-state index in [1.54, 1.807) is 31.2 Å². The Morgan fingerprint density at radius 1 is 1.10 bits per heavy atom. The van der Waals surface area contributed by atoms with E-state index >= 15 is 0 Å². The van der Waals surface area contributed by atoms with Crippen molar-refractivity contribution in [3.05, 3.63) is 63.9 Å². The Hall–Kier alpha value is -2.31. The third-order valence-electron chi connectivity index (χ3n) is 4.75. The van der Waals surface area contributed by atoms with Gasteiger partial charge in [0.05, 0.1) is 0 Å². The molecule has 2 rings (SSSR count). The molecule has 2 amide bonds. The zero-order chi connectivity index (χ0) is 22.3. The lowest BCUT2D eigenvalue weighted by Crippen LogP contribution is -2.50. The van der Waals surface area contributed by atoms with Crippen LogP contribution in [0.2, 0.25) is 10.0 Å². The fourth-order valence-corrected chi connectivity index (χ4v) is 3.20. The second-order valence-electron chi connectivity index (χ2n) is 6.93. The SMILES string of the molecule is CC[C@H](C)NC(=O)[C@H](C)N(Cc1c(Cl)cccc1Cl)C(=O)COc1ccccc1F. The van der Waals surface area contributed by atoms with Crippen LogP contribution in [-0.4, -0.2) is 35.4 Å². The van der Waals surface area contributed by atoms with E-state index in [2.05, 4.69) is 5.32 Å². The number of rotatable bonds is 9. The Morgan fingerprint density at radius 3 is 2.33 bits per heavy atom. The summed E-state index contributed by atoms with van der Waals surface area (Å²) in [6.07, 6.45) is 0.749. The highest BCUT2D eigenvalue weighted by molar-refractivity contribution is 6.36. The first kappa shape index (κ1) is 24.0. The maximum atomic E-state index is 13.8. The van der Waals surface area contributed by atoms with Crippen molar-refractivity contribution in [3.63, 3.8) is 0 Å². The summed E-state index contributed by atoms with van der Waals surface area (Å²) in [5.41, 5.74) is 0.517. The van der Waals surface area contributed by atoms with Gasteiger partial charge in [0.2, 0.25) is 5.91 Å². The summed E-state index contributed by atoms with van der Waals surface area (Å²) in [4.78, 5) is 27.0. The van der Waals surface area contributed by atoms with Gasteiger partial charge in [-0.3, -0.25) is 9.59 Å². The van der Waals surface area contributed by atoms with Crippen LogP contribution in [-0.2, 0) is 16.1 Å². The number of nitrogens with zero attached hydrogens (tertiary/aromatic N) is 1. The third kappa shape index (κ3) is 6.34. The lowest BCUT2D eigenvalue weighted by Gasteiger charge is -2.30. The standard InChI is InChI=1S/C22H25Cl2FN2O3/c1-4-14(2)26-22(29)15(3)27(12-16-17(23)8-7-9-18(16)24)21(28)13-30-20-11-6-5-10-19(20)25/h5-11,14-15H,4,12-13H2,1-3H3,(H,26,29)/t14-,15-/m0/s1. The number of ether oxygens (including phenoxy) is 1. The van der Waals surface area contributed by atoms with Crippen LogP contribution in [0.3, 0.4) is 0 Å². The molecule has 0 bridgehead atoms. The number of carbonyl (C=O) groups is 2. The Labute approximate surface area is 186 Å². The van der Waals surface area contributed by atoms with E-state index in [0.29, 0.717) is 15.6 Å². The van der Waals surface area contributed by atoms with E-state index in [1.807, 2.05) is 13.8 Å². The molecule has 0 fully saturated rings. The van der Waals surface area contributed by atoms with Crippen molar-refractivity contribution in [1.82, 2.24) is 10.2 Å². The fraction of sp³-hybridized carbons (Fsp3) is 0.364. The normalized spacial score (nSPS) is 12.7. The number of amides is 2. The highest BCUT2D eigenvalue weighted by atomic mass is 35.5. The molecule has 0 heterocycles. The van der Waals surface area contributed by atoms with Crippen LogP contribution in [0, 0.1) is 5.82 Å². The van der Waals surface area contributed by atoms with Gasteiger partial charge < -0.3 is 15.0 Å². The molecule has 0 aliphatic heterocycles.